The lowest BCUT2D eigenvalue weighted by Gasteiger charge is -2.40. The van der Waals surface area contributed by atoms with Gasteiger partial charge in [0.2, 0.25) is 5.91 Å². The standard InChI is InChI=1S/C28H41NO6/c1-19-17-21(18-24(32-2)26(19)33-3)25(20-9-5-4-6-10-20)27(30)29-14-8-7-11-23(29)28(31)35-22-12-15-34-16-13-22/h17-18,20,22-23,25H,4-16H2,1-3H3/t23-,25-/m0/s1. The molecule has 0 unspecified atom stereocenters. The van der Waals surface area contributed by atoms with Gasteiger partial charge in [-0.15, -0.1) is 0 Å². The number of piperidine rings is 1. The Balaban J connectivity index is 1.62. The summed E-state index contributed by atoms with van der Waals surface area (Å²) in [6.45, 7) is 3.82. The number of benzene rings is 1. The molecule has 0 radical (unpaired) electrons. The number of amides is 1. The molecule has 7 nitrogen and oxygen atoms in total. The van der Waals surface area contributed by atoms with Crippen molar-refractivity contribution in [1.82, 2.24) is 4.90 Å². The van der Waals surface area contributed by atoms with E-state index in [1.54, 1.807) is 14.2 Å². The first-order valence-corrected chi connectivity index (χ1v) is 13.3. The van der Waals surface area contributed by atoms with Crippen molar-refractivity contribution in [1.29, 1.82) is 0 Å². The van der Waals surface area contributed by atoms with Crippen LogP contribution in [-0.2, 0) is 19.1 Å². The molecule has 1 aromatic carbocycles. The minimum Gasteiger partial charge on any atom is -0.493 e. The number of nitrogens with zero attached hydrogens (tertiary/aromatic N) is 1. The Morgan fingerprint density at radius 3 is 2.34 bits per heavy atom. The molecule has 4 rings (SSSR count). The minimum atomic E-state index is -0.508. The Labute approximate surface area is 209 Å². The number of carbonyl (C=O) groups excluding carboxylic acids is 2. The largest absolute Gasteiger partial charge is 0.493 e. The van der Waals surface area contributed by atoms with Gasteiger partial charge in [-0.1, -0.05) is 25.3 Å². The van der Waals surface area contributed by atoms with E-state index in [0.717, 1.165) is 62.5 Å². The number of ether oxygens (including phenoxy) is 4. The van der Waals surface area contributed by atoms with E-state index in [9.17, 15) is 9.59 Å². The highest BCUT2D eigenvalue weighted by Gasteiger charge is 2.41. The van der Waals surface area contributed by atoms with Crippen LogP contribution in [0.1, 0.15) is 81.3 Å². The van der Waals surface area contributed by atoms with Crippen LogP contribution in [-0.4, -0.2) is 62.9 Å². The first kappa shape index (κ1) is 25.8. The van der Waals surface area contributed by atoms with Crippen molar-refractivity contribution in [3.63, 3.8) is 0 Å². The molecule has 1 saturated carbocycles. The number of aryl methyl sites for hydroxylation is 1. The summed E-state index contributed by atoms with van der Waals surface area (Å²) in [5, 5.41) is 0. The highest BCUT2D eigenvalue weighted by atomic mass is 16.6. The number of carbonyl (C=O) groups is 2. The van der Waals surface area contributed by atoms with Crippen LogP contribution in [0, 0.1) is 12.8 Å². The molecule has 1 aliphatic carbocycles. The van der Waals surface area contributed by atoms with E-state index in [0.29, 0.717) is 37.7 Å². The van der Waals surface area contributed by atoms with Gasteiger partial charge in [-0.05, 0) is 62.1 Å². The van der Waals surface area contributed by atoms with Crippen LogP contribution >= 0.6 is 0 Å². The predicted octanol–water partition coefficient (Wildman–Crippen LogP) is 4.78. The molecule has 0 bridgehead atoms. The summed E-state index contributed by atoms with van der Waals surface area (Å²) in [6, 6.07) is 3.52. The SMILES string of the molecule is COc1cc([C@@H](C(=O)N2CCCC[C@H]2C(=O)OC2CCOCC2)C2CCCCC2)cc(C)c1OC. The van der Waals surface area contributed by atoms with Crippen LogP contribution in [0.4, 0.5) is 0 Å². The van der Waals surface area contributed by atoms with Gasteiger partial charge < -0.3 is 23.8 Å². The van der Waals surface area contributed by atoms with Crippen molar-refractivity contribution in [2.75, 3.05) is 34.0 Å². The third-order valence-electron chi connectivity index (χ3n) is 7.94. The molecule has 35 heavy (non-hydrogen) atoms. The third kappa shape index (κ3) is 5.93. The van der Waals surface area contributed by atoms with Crippen molar-refractivity contribution in [3.05, 3.63) is 23.3 Å². The van der Waals surface area contributed by atoms with E-state index in [1.165, 1.54) is 6.42 Å². The van der Waals surface area contributed by atoms with Gasteiger partial charge in [0, 0.05) is 19.4 Å². The number of likely N-dealkylation sites (tertiary alicyclic amines) is 1. The fraction of sp³-hybridized carbons (Fsp3) is 0.714. The highest BCUT2D eigenvalue weighted by molar-refractivity contribution is 5.89. The Morgan fingerprint density at radius 1 is 0.943 bits per heavy atom. The number of esters is 1. The van der Waals surface area contributed by atoms with E-state index in [-0.39, 0.29) is 29.8 Å². The second kappa shape index (κ2) is 12.1. The maximum absolute atomic E-state index is 14.3. The summed E-state index contributed by atoms with van der Waals surface area (Å²) in [6.07, 6.45) is 9.37. The molecule has 3 aliphatic rings. The van der Waals surface area contributed by atoms with Crippen molar-refractivity contribution >= 4 is 11.9 Å². The lowest BCUT2D eigenvalue weighted by atomic mass is 9.75. The zero-order valence-corrected chi connectivity index (χ0v) is 21.6. The maximum Gasteiger partial charge on any atom is 0.329 e. The van der Waals surface area contributed by atoms with Gasteiger partial charge in [0.15, 0.2) is 11.5 Å². The van der Waals surface area contributed by atoms with Crippen LogP contribution < -0.4 is 9.47 Å². The summed E-state index contributed by atoms with van der Waals surface area (Å²) in [5.41, 5.74) is 1.91. The fourth-order valence-electron chi connectivity index (χ4n) is 6.10. The summed E-state index contributed by atoms with van der Waals surface area (Å²) in [7, 11) is 3.27. The second-order valence-corrected chi connectivity index (χ2v) is 10.2. The Kier molecular flexibility index (Phi) is 8.93. The van der Waals surface area contributed by atoms with Gasteiger partial charge in [-0.2, -0.15) is 0 Å². The van der Waals surface area contributed by atoms with Crippen molar-refractivity contribution in [2.45, 2.75) is 89.2 Å². The molecule has 1 aromatic rings. The van der Waals surface area contributed by atoms with Crippen LogP contribution in [0.25, 0.3) is 0 Å². The smallest absolute Gasteiger partial charge is 0.329 e. The average molecular weight is 488 g/mol. The van der Waals surface area contributed by atoms with Gasteiger partial charge in [0.25, 0.3) is 0 Å². The second-order valence-electron chi connectivity index (χ2n) is 10.2. The number of hydrogen-bond acceptors (Lipinski definition) is 6. The molecule has 0 N–H and O–H groups in total. The fourth-order valence-corrected chi connectivity index (χ4v) is 6.10. The monoisotopic (exact) mass is 487 g/mol. The minimum absolute atomic E-state index is 0.0529. The molecule has 194 valence electrons. The summed E-state index contributed by atoms with van der Waals surface area (Å²) in [4.78, 5) is 29.4. The molecule has 7 heteroatoms. The van der Waals surface area contributed by atoms with Gasteiger partial charge in [0.05, 0.1) is 33.4 Å². The van der Waals surface area contributed by atoms with Crippen molar-refractivity contribution in [2.24, 2.45) is 5.92 Å². The molecule has 3 fully saturated rings. The van der Waals surface area contributed by atoms with Crippen LogP contribution in [0.3, 0.4) is 0 Å². The summed E-state index contributed by atoms with van der Waals surface area (Å²) in [5.74, 6) is 1.09. The van der Waals surface area contributed by atoms with E-state index >= 15 is 0 Å². The van der Waals surface area contributed by atoms with Gasteiger partial charge in [0.1, 0.15) is 12.1 Å². The van der Waals surface area contributed by atoms with Crippen LogP contribution in [0.5, 0.6) is 11.5 Å². The van der Waals surface area contributed by atoms with E-state index in [4.69, 9.17) is 18.9 Å². The molecule has 0 aromatic heterocycles. The molecule has 2 atom stereocenters. The quantitative estimate of drug-likeness (QED) is 0.516. The molecular formula is C28H41NO6. The number of hydrogen-bond donors (Lipinski definition) is 0. The molecule has 1 amide bonds. The Bertz CT molecular complexity index is 874. The Hall–Kier alpha value is -2.28. The lowest BCUT2D eigenvalue weighted by Crippen LogP contribution is -2.52. The molecule has 2 saturated heterocycles. The number of methoxy groups -OCH3 is 2. The summed E-state index contributed by atoms with van der Waals surface area (Å²) >= 11 is 0. The molecule has 0 spiro atoms. The van der Waals surface area contributed by atoms with Gasteiger partial charge in [-0.3, -0.25) is 4.79 Å². The van der Waals surface area contributed by atoms with E-state index < -0.39 is 6.04 Å². The Morgan fingerprint density at radius 2 is 1.66 bits per heavy atom. The normalized spacial score (nSPS) is 22.9. The molecule has 2 aliphatic heterocycles. The van der Waals surface area contributed by atoms with Gasteiger partial charge >= 0.3 is 5.97 Å². The average Bonchev–Trinajstić information content (AvgIpc) is 2.89. The zero-order chi connectivity index (χ0) is 24.8. The lowest BCUT2D eigenvalue weighted by molar-refractivity contribution is -0.165. The number of rotatable bonds is 7. The zero-order valence-electron chi connectivity index (χ0n) is 21.6. The van der Waals surface area contributed by atoms with Crippen molar-refractivity contribution < 1.29 is 28.5 Å². The predicted molar refractivity (Wildman–Crippen MR) is 133 cm³/mol. The first-order valence-electron chi connectivity index (χ1n) is 13.3. The van der Waals surface area contributed by atoms with Gasteiger partial charge in [-0.25, -0.2) is 4.79 Å². The van der Waals surface area contributed by atoms with Crippen LogP contribution in [0.2, 0.25) is 0 Å². The topological polar surface area (TPSA) is 74.3 Å². The van der Waals surface area contributed by atoms with E-state index in [2.05, 4.69) is 6.07 Å². The molecule has 2 heterocycles. The first-order chi connectivity index (χ1) is 17.0. The highest BCUT2D eigenvalue weighted by Crippen LogP contribution is 2.42. The maximum atomic E-state index is 14.3. The molecular weight excluding hydrogens is 446 g/mol. The van der Waals surface area contributed by atoms with Crippen molar-refractivity contribution in [3.8, 4) is 11.5 Å². The van der Waals surface area contributed by atoms with E-state index in [1.807, 2.05) is 17.9 Å². The summed E-state index contributed by atoms with van der Waals surface area (Å²) < 4.78 is 22.5. The third-order valence-corrected chi connectivity index (χ3v) is 7.94. The van der Waals surface area contributed by atoms with Crippen LogP contribution in [0.15, 0.2) is 12.1 Å².